The van der Waals surface area contributed by atoms with Crippen LogP contribution in [0.1, 0.15) is 13.8 Å². The summed E-state index contributed by atoms with van der Waals surface area (Å²) in [6, 6.07) is 0.335. The molecule has 2 unspecified atom stereocenters. The fourth-order valence-electron chi connectivity index (χ4n) is 2.06. The Hall–Kier alpha value is -0.890. The fourth-order valence-corrected chi connectivity index (χ4v) is 2.06. The molecular formula is C12H27N5O2. The van der Waals surface area contributed by atoms with Gasteiger partial charge in [0.1, 0.15) is 0 Å². The van der Waals surface area contributed by atoms with Gasteiger partial charge in [-0.1, -0.05) is 0 Å². The number of ether oxygens (including phenoxy) is 2. The molecule has 0 saturated carbocycles. The lowest BCUT2D eigenvalue weighted by molar-refractivity contribution is 0.0361. The van der Waals surface area contributed by atoms with E-state index in [4.69, 9.17) is 15.3 Å². The molecule has 0 aromatic carbocycles. The largest absolute Gasteiger partial charge is 0.383 e. The average Bonchev–Trinajstić information content (AvgIpc) is 2.39. The predicted molar refractivity (Wildman–Crippen MR) is 76.0 cm³/mol. The van der Waals surface area contributed by atoms with Crippen molar-refractivity contribution in [2.24, 2.45) is 10.8 Å². The van der Waals surface area contributed by atoms with E-state index < -0.39 is 0 Å². The van der Waals surface area contributed by atoms with Gasteiger partial charge < -0.3 is 14.8 Å². The van der Waals surface area contributed by atoms with Crippen LogP contribution in [0.4, 0.5) is 0 Å². The number of hydrogen-bond acceptors (Lipinski definition) is 5. The Balaban J connectivity index is 2.39. The van der Waals surface area contributed by atoms with Crippen molar-refractivity contribution >= 4 is 5.96 Å². The van der Waals surface area contributed by atoms with Gasteiger partial charge in [-0.05, 0) is 13.8 Å². The van der Waals surface area contributed by atoms with Crippen molar-refractivity contribution in [2.75, 3.05) is 46.6 Å². The van der Waals surface area contributed by atoms with Crippen LogP contribution in [0.3, 0.4) is 0 Å². The third-order valence-electron chi connectivity index (χ3n) is 2.91. The van der Waals surface area contributed by atoms with Gasteiger partial charge in [0.05, 0.1) is 25.9 Å². The SMILES string of the molecule is COCC(C)NC(=NC(C)CN1CCOCC1)NN. The summed E-state index contributed by atoms with van der Waals surface area (Å²) in [4.78, 5) is 6.89. The van der Waals surface area contributed by atoms with E-state index in [2.05, 4.69) is 27.6 Å². The molecule has 19 heavy (non-hydrogen) atoms. The number of nitrogens with zero attached hydrogens (tertiary/aromatic N) is 2. The van der Waals surface area contributed by atoms with E-state index in [-0.39, 0.29) is 12.1 Å². The molecule has 0 aromatic heterocycles. The van der Waals surface area contributed by atoms with Crippen molar-refractivity contribution in [1.29, 1.82) is 0 Å². The van der Waals surface area contributed by atoms with Crippen LogP contribution in [0.5, 0.6) is 0 Å². The highest BCUT2D eigenvalue weighted by atomic mass is 16.5. The molecule has 0 aromatic rings. The van der Waals surface area contributed by atoms with Crippen LogP contribution in [0.15, 0.2) is 4.99 Å². The molecule has 1 fully saturated rings. The van der Waals surface area contributed by atoms with E-state index >= 15 is 0 Å². The smallest absolute Gasteiger partial charge is 0.206 e. The lowest BCUT2D eigenvalue weighted by atomic mass is 10.3. The topological polar surface area (TPSA) is 84.1 Å². The van der Waals surface area contributed by atoms with Crippen molar-refractivity contribution in [2.45, 2.75) is 25.9 Å². The Kier molecular flexibility index (Phi) is 7.73. The molecule has 1 saturated heterocycles. The highest BCUT2D eigenvalue weighted by molar-refractivity contribution is 5.79. The second-order valence-corrected chi connectivity index (χ2v) is 4.88. The van der Waals surface area contributed by atoms with E-state index in [1.807, 2.05) is 6.92 Å². The number of nitrogens with two attached hydrogens (primary N) is 1. The van der Waals surface area contributed by atoms with E-state index in [1.165, 1.54) is 0 Å². The maximum absolute atomic E-state index is 5.48. The van der Waals surface area contributed by atoms with Gasteiger partial charge in [-0.3, -0.25) is 10.3 Å². The van der Waals surface area contributed by atoms with Gasteiger partial charge in [0.2, 0.25) is 5.96 Å². The molecule has 7 nitrogen and oxygen atoms in total. The zero-order valence-corrected chi connectivity index (χ0v) is 12.2. The molecule has 1 aliphatic heterocycles. The number of aliphatic imine (C=N–C) groups is 1. The van der Waals surface area contributed by atoms with Gasteiger partial charge in [0, 0.05) is 32.8 Å². The van der Waals surface area contributed by atoms with Crippen LogP contribution in [-0.2, 0) is 9.47 Å². The molecule has 1 heterocycles. The quantitative estimate of drug-likeness (QED) is 0.253. The standard InChI is InChI=1S/C12H27N5O2/c1-10(8-17-4-6-19-7-5-17)14-12(16-13)15-11(2)9-18-3/h10-11H,4-9,13H2,1-3H3,(H2,14,15,16). The predicted octanol–water partition coefficient (Wildman–Crippen LogP) is -0.849. The number of morpholine rings is 1. The van der Waals surface area contributed by atoms with E-state index in [0.717, 1.165) is 32.8 Å². The summed E-state index contributed by atoms with van der Waals surface area (Å²) in [7, 11) is 1.67. The van der Waals surface area contributed by atoms with Gasteiger partial charge in [0.15, 0.2) is 0 Å². The van der Waals surface area contributed by atoms with E-state index in [1.54, 1.807) is 7.11 Å². The Bertz CT molecular complexity index is 269. The minimum absolute atomic E-state index is 0.162. The third kappa shape index (κ3) is 6.72. The molecular weight excluding hydrogens is 246 g/mol. The Labute approximate surface area is 115 Å². The van der Waals surface area contributed by atoms with Crippen molar-refractivity contribution in [3.8, 4) is 0 Å². The lowest BCUT2D eigenvalue weighted by Crippen LogP contribution is -2.48. The summed E-state index contributed by atoms with van der Waals surface area (Å²) in [5, 5.41) is 3.18. The van der Waals surface area contributed by atoms with E-state index in [0.29, 0.717) is 12.6 Å². The maximum atomic E-state index is 5.48. The summed E-state index contributed by atoms with van der Waals surface area (Å²) < 4.78 is 10.4. The van der Waals surface area contributed by atoms with Crippen molar-refractivity contribution in [3.05, 3.63) is 0 Å². The number of nitrogens with one attached hydrogen (secondary N) is 2. The first kappa shape index (κ1) is 16.2. The van der Waals surface area contributed by atoms with Crippen molar-refractivity contribution < 1.29 is 9.47 Å². The first-order chi connectivity index (χ1) is 9.15. The molecule has 2 atom stereocenters. The highest BCUT2D eigenvalue weighted by Gasteiger charge is 2.14. The van der Waals surface area contributed by atoms with Crippen molar-refractivity contribution in [3.63, 3.8) is 0 Å². The van der Waals surface area contributed by atoms with Gasteiger partial charge in [-0.25, -0.2) is 10.8 Å². The molecule has 0 spiro atoms. The summed E-state index contributed by atoms with van der Waals surface area (Å²) in [5.74, 6) is 6.08. The zero-order valence-electron chi connectivity index (χ0n) is 12.2. The number of guanidine groups is 1. The normalized spacial score (nSPS) is 20.9. The number of rotatable bonds is 6. The Morgan fingerprint density at radius 2 is 2.11 bits per heavy atom. The molecule has 0 aliphatic carbocycles. The molecule has 0 bridgehead atoms. The van der Waals surface area contributed by atoms with Gasteiger partial charge in [-0.15, -0.1) is 0 Å². The van der Waals surface area contributed by atoms with Crippen LogP contribution in [0.25, 0.3) is 0 Å². The maximum Gasteiger partial charge on any atom is 0.206 e. The van der Waals surface area contributed by atoms with Gasteiger partial charge in [0.25, 0.3) is 0 Å². The second-order valence-electron chi connectivity index (χ2n) is 4.88. The lowest BCUT2D eigenvalue weighted by Gasteiger charge is -2.28. The first-order valence-corrected chi connectivity index (χ1v) is 6.75. The number of methoxy groups -OCH3 is 1. The molecule has 112 valence electrons. The first-order valence-electron chi connectivity index (χ1n) is 6.75. The van der Waals surface area contributed by atoms with Crippen LogP contribution in [-0.4, -0.2) is 69.5 Å². The minimum atomic E-state index is 0.162. The third-order valence-corrected chi connectivity index (χ3v) is 2.91. The Morgan fingerprint density at radius 3 is 2.68 bits per heavy atom. The molecule has 1 rings (SSSR count). The van der Waals surface area contributed by atoms with Crippen LogP contribution >= 0.6 is 0 Å². The Morgan fingerprint density at radius 1 is 1.42 bits per heavy atom. The molecule has 0 amide bonds. The number of hydrazine groups is 1. The van der Waals surface area contributed by atoms with Gasteiger partial charge in [-0.2, -0.15) is 0 Å². The summed E-state index contributed by atoms with van der Waals surface area (Å²) in [6.07, 6.45) is 0. The fraction of sp³-hybridized carbons (Fsp3) is 0.917. The minimum Gasteiger partial charge on any atom is -0.383 e. The zero-order chi connectivity index (χ0) is 14.1. The molecule has 1 aliphatic rings. The van der Waals surface area contributed by atoms with Crippen LogP contribution in [0.2, 0.25) is 0 Å². The molecule has 0 radical (unpaired) electrons. The van der Waals surface area contributed by atoms with Crippen LogP contribution in [0, 0.1) is 0 Å². The average molecular weight is 273 g/mol. The monoisotopic (exact) mass is 273 g/mol. The summed E-state index contributed by atoms with van der Waals surface area (Å²) >= 11 is 0. The highest BCUT2D eigenvalue weighted by Crippen LogP contribution is 2.00. The molecule has 7 heteroatoms. The van der Waals surface area contributed by atoms with Gasteiger partial charge >= 0.3 is 0 Å². The summed E-state index contributed by atoms with van der Waals surface area (Å²) in [5.41, 5.74) is 2.60. The second kappa shape index (κ2) is 9.08. The number of hydrogen-bond donors (Lipinski definition) is 3. The molecule has 4 N–H and O–H groups in total. The summed E-state index contributed by atoms with van der Waals surface area (Å²) in [6.45, 7) is 9.17. The van der Waals surface area contributed by atoms with Crippen LogP contribution < -0.4 is 16.6 Å². The van der Waals surface area contributed by atoms with E-state index in [9.17, 15) is 0 Å². The van der Waals surface area contributed by atoms with Crippen molar-refractivity contribution in [1.82, 2.24) is 15.6 Å².